The van der Waals surface area contributed by atoms with Gasteiger partial charge in [-0.2, -0.15) is 0 Å². The van der Waals surface area contributed by atoms with Crippen LogP contribution in [0.3, 0.4) is 0 Å². The SMILES string of the molecule is CCOc1cc(/C=C2/SC(=O)N(CC(=O)Nc3ccc(C)c(C)c3)C2=O)cc(I)c1O. The van der Waals surface area contributed by atoms with Gasteiger partial charge < -0.3 is 15.2 Å². The Morgan fingerprint density at radius 3 is 2.65 bits per heavy atom. The highest BCUT2D eigenvalue weighted by molar-refractivity contribution is 14.1. The Kier molecular flexibility index (Phi) is 7.26. The zero-order chi connectivity index (χ0) is 22.7. The smallest absolute Gasteiger partial charge is 0.294 e. The van der Waals surface area contributed by atoms with Crippen molar-refractivity contribution in [1.29, 1.82) is 0 Å². The van der Waals surface area contributed by atoms with E-state index in [4.69, 9.17) is 4.74 Å². The van der Waals surface area contributed by atoms with Crippen LogP contribution in [0, 0.1) is 17.4 Å². The van der Waals surface area contributed by atoms with Crippen LogP contribution < -0.4 is 10.1 Å². The lowest BCUT2D eigenvalue weighted by atomic mass is 10.1. The van der Waals surface area contributed by atoms with Crippen molar-refractivity contribution in [2.45, 2.75) is 20.8 Å². The van der Waals surface area contributed by atoms with E-state index in [1.165, 1.54) is 0 Å². The zero-order valence-corrected chi connectivity index (χ0v) is 20.2. The second-order valence-electron chi connectivity index (χ2n) is 6.90. The number of halogens is 1. The molecule has 3 rings (SSSR count). The lowest BCUT2D eigenvalue weighted by molar-refractivity contribution is -0.127. The summed E-state index contributed by atoms with van der Waals surface area (Å²) in [6.45, 7) is 5.71. The number of nitrogens with one attached hydrogen (secondary N) is 1. The van der Waals surface area contributed by atoms with Crippen molar-refractivity contribution in [2.75, 3.05) is 18.5 Å². The molecule has 2 aromatic carbocycles. The van der Waals surface area contributed by atoms with E-state index in [-0.39, 0.29) is 17.2 Å². The van der Waals surface area contributed by atoms with Gasteiger partial charge in [0.25, 0.3) is 11.1 Å². The van der Waals surface area contributed by atoms with Crippen molar-refractivity contribution < 1.29 is 24.2 Å². The first-order valence-corrected chi connectivity index (χ1v) is 11.4. The van der Waals surface area contributed by atoms with Gasteiger partial charge in [0.15, 0.2) is 11.5 Å². The molecule has 2 N–H and O–H groups in total. The molecule has 0 unspecified atom stereocenters. The van der Waals surface area contributed by atoms with E-state index in [0.29, 0.717) is 27.2 Å². The molecule has 2 aromatic rings. The summed E-state index contributed by atoms with van der Waals surface area (Å²) >= 11 is 2.74. The Morgan fingerprint density at radius 2 is 1.97 bits per heavy atom. The number of aryl methyl sites for hydroxylation is 2. The predicted octanol–water partition coefficient (Wildman–Crippen LogP) is 4.69. The van der Waals surface area contributed by atoms with E-state index in [0.717, 1.165) is 27.8 Å². The Balaban J connectivity index is 1.74. The topological polar surface area (TPSA) is 95.9 Å². The monoisotopic (exact) mass is 552 g/mol. The third-order valence-corrected chi connectivity index (χ3v) is 6.34. The minimum absolute atomic E-state index is 0.0238. The Bertz CT molecular complexity index is 1100. The molecule has 9 heteroatoms. The number of anilines is 1. The van der Waals surface area contributed by atoms with Crippen LogP contribution in [-0.4, -0.2) is 40.2 Å². The van der Waals surface area contributed by atoms with Gasteiger partial charge in [0.1, 0.15) is 6.54 Å². The summed E-state index contributed by atoms with van der Waals surface area (Å²) in [7, 11) is 0. The second kappa shape index (κ2) is 9.73. The van der Waals surface area contributed by atoms with Crippen LogP contribution in [0.4, 0.5) is 10.5 Å². The van der Waals surface area contributed by atoms with Crippen LogP contribution in [0.15, 0.2) is 35.2 Å². The number of nitrogens with zero attached hydrogens (tertiary/aromatic N) is 1. The van der Waals surface area contributed by atoms with Gasteiger partial charge in [-0.1, -0.05) is 6.07 Å². The molecule has 0 spiro atoms. The number of benzene rings is 2. The third kappa shape index (κ3) is 5.40. The zero-order valence-electron chi connectivity index (χ0n) is 17.2. The molecule has 0 aromatic heterocycles. The van der Waals surface area contributed by atoms with E-state index in [9.17, 15) is 19.5 Å². The van der Waals surface area contributed by atoms with E-state index in [2.05, 4.69) is 5.32 Å². The lowest BCUT2D eigenvalue weighted by Gasteiger charge is -2.13. The number of carbonyl (C=O) groups is 3. The minimum Gasteiger partial charge on any atom is -0.504 e. The molecular formula is C22H21IN2O5S. The molecule has 162 valence electrons. The maximum absolute atomic E-state index is 12.7. The summed E-state index contributed by atoms with van der Waals surface area (Å²) in [6.07, 6.45) is 1.55. The highest BCUT2D eigenvalue weighted by atomic mass is 127. The number of carbonyl (C=O) groups excluding carboxylic acids is 3. The quantitative estimate of drug-likeness (QED) is 0.399. The van der Waals surface area contributed by atoms with Crippen molar-refractivity contribution in [3.05, 3.63) is 55.5 Å². The van der Waals surface area contributed by atoms with Crippen molar-refractivity contribution in [3.8, 4) is 11.5 Å². The van der Waals surface area contributed by atoms with Crippen LogP contribution in [0.1, 0.15) is 23.6 Å². The number of amides is 3. The number of thioether (sulfide) groups is 1. The van der Waals surface area contributed by atoms with Crippen LogP contribution in [0.25, 0.3) is 6.08 Å². The first-order valence-electron chi connectivity index (χ1n) is 9.47. The third-order valence-electron chi connectivity index (χ3n) is 4.61. The van der Waals surface area contributed by atoms with E-state index in [1.807, 2.05) is 48.6 Å². The number of aromatic hydroxyl groups is 1. The van der Waals surface area contributed by atoms with Gasteiger partial charge in [-0.25, -0.2) is 0 Å². The maximum atomic E-state index is 12.7. The maximum Gasteiger partial charge on any atom is 0.294 e. The molecule has 0 saturated carbocycles. The largest absolute Gasteiger partial charge is 0.504 e. The average molecular weight is 552 g/mol. The number of rotatable bonds is 6. The van der Waals surface area contributed by atoms with Crippen LogP contribution >= 0.6 is 34.4 Å². The summed E-state index contributed by atoms with van der Waals surface area (Å²) in [5, 5.41) is 12.3. The first-order chi connectivity index (χ1) is 14.7. The predicted molar refractivity (Wildman–Crippen MR) is 129 cm³/mol. The van der Waals surface area contributed by atoms with Gasteiger partial charge in [-0.3, -0.25) is 19.3 Å². The normalized spacial score (nSPS) is 15.0. The highest BCUT2D eigenvalue weighted by Gasteiger charge is 2.36. The number of hydrogen-bond acceptors (Lipinski definition) is 6. The summed E-state index contributed by atoms with van der Waals surface area (Å²) < 4.78 is 5.97. The number of phenols is 1. The molecule has 31 heavy (non-hydrogen) atoms. The van der Waals surface area contributed by atoms with E-state index >= 15 is 0 Å². The van der Waals surface area contributed by atoms with Gasteiger partial charge in [0.05, 0.1) is 15.1 Å². The molecule has 0 radical (unpaired) electrons. The molecule has 1 heterocycles. The van der Waals surface area contributed by atoms with E-state index in [1.54, 1.807) is 31.2 Å². The van der Waals surface area contributed by atoms with E-state index < -0.39 is 17.1 Å². The summed E-state index contributed by atoms with van der Waals surface area (Å²) in [5.74, 6) is -0.667. The molecule has 1 aliphatic heterocycles. The molecule has 1 saturated heterocycles. The van der Waals surface area contributed by atoms with Crippen LogP contribution in [0.5, 0.6) is 11.5 Å². The lowest BCUT2D eigenvalue weighted by Crippen LogP contribution is -2.36. The number of ether oxygens (including phenoxy) is 1. The Hall–Kier alpha value is -2.53. The van der Waals surface area contributed by atoms with Gasteiger partial charge in [-0.15, -0.1) is 0 Å². The van der Waals surface area contributed by atoms with Gasteiger partial charge in [0, 0.05) is 5.69 Å². The van der Waals surface area contributed by atoms with Gasteiger partial charge in [-0.05, 0) is 102 Å². The van der Waals surface area contributed by atoms with Crippen LogP contribution in [0.2, 0.25) is 0 Å². The highest BCUT2D eigenvalue weighted by Crippen LogP contribution is 2.36. The number of phenolic OH excluding ortho intramolecular Hbond substituents is 1. The number of imide groups is 1. The fourth-order valence-corrected chi connectivity index (χ4v) is 4.36. The molecule has 7 nitrogen and oxygen atoms in total. The Morgan fingerprint density at radius 1 is 1.23 bits per heavy atom. The summed E-state index contributed by atoms with van der Waals surface area (Å²) in [5.41, 5.74) is 3.35. The first kappa shape index (κ1) is 23.1. The molecule has 3 amide bonds. The number of hydrogen-bond donors (Lipinski definition) is 2. The fraction of sp³-hybridized carbons (Fsp3) is 0.227. The van der Waals surface area contributed by atoms with Crippen molar-refractivity contribution in [3.63, 3.8) is 0 Å². The van der Waals surface area contributed by atoms with Crippen LogP contribution in [-0.2, 0) is 9.59 Å². The van der Waals surface area contributed by atoms with Crippen molar-refractivity contribution in [1.82, 2.24) is 4.90 Å². The minimum atomic E-state index is -0.536. The average Bonchev–Trinajstić information content (AvgIpc) is 2.96. The second-order valence-corrected chi connectivity index (χ2v) is 9.05. The van der Waals surface area contributed by atoms with Crippen molar-refractivity contribution in [2.24, 2.45) is 0 Å². The molecule has 1 aliphatic rings. The molecule has 0 atom stereocenters. The molecule has 0 bridgehead atoms. The Labute approximate surface area is 198 Å². The van der Waals surface area contributed by atoms with Crippen molar-refractivity contribution >= 4 is 63.2 Å². The summed E-state index contributed by atoms with van der Waals surface area (Å²) in [4.78, 5) is 38.6. The molecule has 0 aliphatic carbocycles. The fourth-order valence-electron chi connectivity index (χ4n) is 2.89. The molecular weight excluding hydrogens is 531 g/mol. The van der Waals surface area contributed by atoms with Gasteiger partial charge in [0.2, 0.25) is 5.91 Å². The summed E-state index contributed by atoms with van der Waals surface area (Å²) in [6, 6.07) is 8.78. The molecule has 1 fully saturated rings. The standard InChI is InChI=1S/C22H21IN2O5S/c1-4-30-17-9-14(8-16(23)20(17)27)10-18-21(28)25(22(29)31-18)11-19(26)24-15-6-5-12(2)13(3)7-15/h5-10,27H,4,11H2,1-3H3,(H,24,26)/b18-10+. The van der Waals surface area contributed by atoms with Gasteiger partial charge >= 0.3 is 0 Å².